The maximum atomic E-state index is 11.5. The topological polar surface area (TPSA) is 47.6 Å². The van der Waals surface area contributed by atoms with Crippen molar-refractivity contribution in [2.75, 3.05) is 26.3 Å². The first-order valence-electron chi connectivity index (χ1n) is 6.90. The van der Waals surface area contributed by atoms with Gasteiger partial charge >= 0.3 is 5.97 Å². The summed E-state index contributed by atoms with van der Waals surface area (Å²) in [6.07, 6.45) is 2.43. The summed E-state index contributed by atoms with van der Waals surface area (Å²) in [6, 6.07) is 7.13. The van der Waals surface area contributed by atoms with Crippen LogP contribution in [0.25, 0.3) is 0 Å². The second-order valence-corrected chi connectivity index (χ2v) is 4.77. The molecule has 20 heavy (non-hydrogen) atoms. The number of hydrogen-bond donors (Lipinski definition) is 1. The molecular weight excluding hydrogens is 278 g/mol. The van der Waals surface area contributed by atoms with Gasteiger partial charge in [0.15, 0.2) is 0 Å². The average molecular weight is 300 g/mol. The van der Waals surface area contributed by atoms with E-state index in [-0.39, 0.29) is 18.4 Å². The highest BCUT2D eigenvalue weighted by atomic mass is 35.5. The molecule has 1 fully saturated rings. The van der Waals surface area contributed by atoms with Crippen LogP contribution in [0.3, 0.4) is 0 Å². The molecule has 0 amide bonds. The summed E-state index contributed by atoms with van der Waals surface area (Å²) in [5, 5.41) is 3.37. The van der Waals surface area contributed by atoms with Crippen LogP contribution in [0.5, 0.6) is 5.75 Å². The second kappa shape index (κ2) is 8.82. The van der Waals surface area contributed by atoms with Crippen LogP contribution in [0.15, 0.2) is 24.3 Å². The van der Waals surface area contributed by atoms with Crippen molar-refractivity contribution < 1.29 is 14.3 Å². The summed E-state index contributed by atoms with van der Waals surface area (Å²) in [7, 11) is 0. The summed E-state index contributed by atoms with van der Waals surface area (Å²) in [5.74, 6) is 1.10. The fourth-order valence-corrected chi connectivity index (χ4v) is 2.18. The number of piperidine rings is 1. The highest BCUT2D eigenvalue weighted by Gasteiger charge is 2.13. The number of rotatable bonds is 5. The van der Waals surface area contributed by atoms with E-state index in [4.69, 9.17) is 9.47 Å². The predicted octanol–water partition coefficient (Wildman–Crippen LogP) is 2.66. The van der Waals surface area contributed by atoms with Gasteiger partial charge in [-0.05, 0) is 50.6 Å². The lowest BCUT2D eigenvalue weighted by atomic mass is 10.0. The van der Waals surface area contributed by atoms with E-state index >= 15 is 0 Å². The number of benzene rings is 1. The first kappa shape index (κ1) is 16.8. The Morgan fingerprint density at radius 1 is 1.35 bits per heavy atom. The zero-order valence-electron chi connectivity index (χ0n) is 11.8. The van der Waals surface area contributed by atoms with Gasteiger partial charge in [0.2, 0.25) is 0 Å². The van der Waals surface area contributed by atoms with Crippen LogP contribution in [0.4, 0.5) is 0 Å². The van der Waals surface area contributed by atoms with Gasteiger partial charge in [-0.25, -0.2) is 4.79 Å². The molecule has 1 aliphatic heterocycles. The first-order valence-corrected chi connectivity index (χ1v) is 6.90. The number of carbonyl (C=O) groups is 1. The lowest BCUT2D eigenvalue weighted by Gasteiger charge is -2.22. The Morgan fingerprint density at radius 3 is 2.70 bits per heavy atom. The van der Waals surface area contributed by atoms with Gasteiger partial charge in [0.1, 0.15) is 5.75 Å². The number of carbonyl (C=O) groups excluding carboxylic acids is 1. The quantitative estimate of drug-likeness (QED) is 0.849. The van der Waals surface area contributed by atoms with E-state index in [0.717, 1.165) is 25.4 Å². The first-order chi connectivity index (χ1) is 9.29. The third-order valence-corrected chi connectivity index (χ3v) is 3.25. The molecule has 0 aliphatic carbocycles. The minimum absolute atomic E-state index is 0. The Labute approximate surface area is 126 Å². The highest BCUT2D eigenvalue weighted by Crippen LogP contribution is 2.16. The number of hydrogen-bond acceptors (Lipinski definition) is 4. The van der Waals surface area contributed by atoms with Crippen LogP contribution in [0, 0.1) is 5.92 Å². The average Bonchev–Trinajstić information content (AvgIpc) is 2.47. The van der Waals surface area contributed by atoms with Crippen LogP contribution in [0.1, 0.15) is 30.1 Å². The normalized spacial score (nSPS) is 17.9. The van der Waals surface area contributed by atoms with E-state index in [1.165, 1.54) is 12.8 Å². The van der Waals surface area contributed by atoms with Gasteiger partial charge in [0, 0.05) is 12.5 Å². The third-order valence-electron chi connectivity index (χ3n) is 3.25. The van der Waals surface area contributed by atoms with Crippen LogP contribution in [0.2, 0.25) is 0 Å². The monoisotopic (exact) mass is 299 g/mol. The van der Waals surface area contributed by atoms with E-state index in [0.29, 0.717) is 18.1 Å². The zero-order chi connectivity index (χ0) is 13.5. The van der Waals surface area contributed by atoms with Crippen molar-refractivity contribution in [2.24, 2.45) is 5.92 Å². The van der Waals surface area contributed by atoms with E-state index in [2.05, 4.69) is 5.32 Å². The molecule has 4 nitrogen and oxygen atoms in total. The molecule has 1 aliphatic rings. The van der Waals surface area contributed by atoms with E-state index < -0.39 is 0 Å². The van der Waals surface area contributed by atoms with Crippen LogP contribution in [-0.2, 0) is 4.74 Å². The number of halogens is 1. The highest BCUT2D eigenvalue weighted by molar-refractivity contribution is 5.89. The minimum atomic E-state index is -0.287. The third kappa shape index (κ3) is 5.02. The predicted molar refractivity (Wildman–Crippen MR) is 80.7 cm³/mol. The van der Waals surface area contributed by atoms with Crippen molar-refractivity contribution in [3.8, 4) is 5.75 Å². The smallest absolute Gasteiger partial charge is 0.338 e. The standard InChI is InChI=1S/C15H21NO3.ClH/c1-2-18-15(17)13-5-7-14(8-6-13)19-11-12-4-3-9-16-10-12;/h5-8,12,16H,2-4,9-11H2,1H3;1H. The minimum Gasteiger partial charge on any atom is -0.493 e. The molecule has 0 spiro atoms. The van der Waals surface area contributed by atoms with Gasteiger partial charge in [0.05, 0.1) is 18.8 Å². The summed E-state index contributed by atoms with van der Waals surface area (Å²) in [4.78, 5) is 11.5. The van der Waals surface area contributed by atoms with Crippen molar-refractivity contribution in [1.29, 1.82) is 0 Å². The maximum Gasteiger partial charge on any atom is 0.338 e. The summed E-state index contributed by atoms with van der Waals surface area (Å²) >= 11 is 0. The molecule has 2 rings (SSSR count). The lowest BCUT2D eigenvalue weighted by Crippen LogP contribution is -2.33. The molecule has 1 atom stereocenters. The SMILES string of the molecule is CCOC(=O)c1ccc(OCC2CCCNC2)cc1.Cl. The molecule has 0 saturated carbocycles. The summed E-state index contributed by atoms with van der Waals surface area (Å²) < 4.78 is 10.7. The Kier molecular flexibility index (Phi) is 7.41. The maximum absolute atomic E-state index is 11.5. The fourth-order valence-electron chi connectivity index (χ4n) is 2.18. The number of esters is 1. The van der Waals surface area contributed by atoms with Gasteiger partial charge in [-0.1, -0.05) is 0 Å². The molecule has 112 valence electrons. The van der Waals surface area contributed by atoms with Gasteiger partial charge in [-0.15, -0.1) is 12.4 Å². The molecule has 1 saturated heterocycles. The molecule has 0 radical (unpaired) electrons. The zero-order valence-corrected chi connectivity index (χ0v) is 12.6. The molecule has 1 aromatic rings. The van der Waals surface area contributed by atoms with Crippen molar-refractivity contribution in [3.05, 3.63) is 29.8 Å². The van der Waals surface area contributed by atoms with Crippen molar-refractivity contribution in [3.63, 3.8) is 0 Å². The van der Waals surface area contributed by atoms with E-state index in [1.54, 1.807) is 19.1 Å². The van der Waals surface area contributed by atoms with Gasteiger partial charge < -0.3 is 14.8 Å². The van der Waals surface area contributed by atoms with Crippen molar-refractivity contribution in [1.82, 2.24) is 5.32 Å². The number of ether oxygens (including phenoxy) is 2. The van der Waals surface area contributed by atoms with Crippen LogP contribution >= 0.6 is 12.4 Å². The molecule has 1 N–H and O–H groups in total. The van der Waals surface area contributed by atoms with Crippen molar-refractivity contribution >= 4 is 18.4 Å². The summed E-state index contributed by atoms with van der Waals surface area (Å²) in [6.45, 7) is 5.07. The van der Waals surface area contributed by atoms with Gasteiger partial charge in [-0.3, -0.25) is 0 Å². The molecule has 1 unspecified atom stereocenters. The molecule has 1 aromatic carbocycles. The molecular formula is C15H22ClNO3. The largest absolute Gasteiger partial charge is 0.493 e. The fraction of sp³-hybridized carbons (Fsp3) is 0.533. The van der Waals surface area contributed by atoms with Gasteiger partial charge in [-0.2, -0.15) is 0 Å². The van der Waals surface area contributed by atoms with E-state index in [1.807, 2.05) is 12.1 Å². The Hall–Kier alpha value is -1.26. The van der Waals surface area contributed by atoms with Crippen LogP contribution in [-0.4, -0.2) is 32.3 Å². The second-order valence-electron chi connectivity index (χ2n) is 4.77. The van der Waals surface area contributed by atoms with Crippen molar-refractivity contribution in [2.45, 2.75) is 19.8 Å². The van der Waals surface area contributed by atoms with Crippen LogP contribution < -0.4 is 10.1 Å². The molecule has 1 heterocycles. The molecule has 5 heteroatoms. The molecule has 0 aromatic heterocycles. The Morgan fingerprint density at radius 2 is 2.10 bits per heavy atom. The number of nitrogens with one attached hydrogen (secondary N) is 1. The van der Waals surface area contributed by atoms with E-state index in [9.17, 15) is 4.79 Å². The Bertz CT molecular complexity index is 402. The van der Waals surface area contributed by atoms with Gasteiger partial charge in [0.25, 0.3) is 0 Å². The Balaban J connectivity index is 0.00000200. The summed E-state index contributed by atoms with van der Waals surface area (Å²) in [5.41, 5.74) is 0.563. The lowest BCUT2D eigenvalue weighted by molar-refractivity contribution is 0.0526. The molecule has 0 bridgehead atoms.